The second-order valence-electron chi connectivity index (χ2n) is 6.91. The van der Waals surface area contributed by atoms with E-state index < -0.39 is 0 Å². The van der Waals surface area contributed by atoms with Crippen molar-refractivity contribution in [3.63, 3.8) is 0 Å². The van der Waals surface area contributed by atoms with Gasteiger partial charge in [0.2, 0.25) is 4.80 Å². The van der Waals surface area contributed by atoms with E-state index in [0.717, 1.165) is 33.1 Å². The van der Waals surface area contributed by atoms with Crippen molar-refractivity contribution < 1.29 is 13.9 Å². The average Bonchev–Trinajstić information content (AvgIpc) is 3.13. The summed E-state index contributed by atoms with van der Waals surface area (Å²) in [5, 5.41) is 6.94. The molecular weight excluding hydrogens is 401 g/mol. The van der Waals surface area contributed by atoms with Gasteiger partial charge in [0.25, 0.3) is 0 Å². The van der Waals surface area contributed by atoms with Gasteiger partial charge in [-0.05, 0) is 56.2 Å². The molecule has 2 aromatic carbocycles. The van der Waals surface area contributed by atoms with Crippen LogP contribution in [0.25, 0.3) is 11.3 Å². The van der Waals surface area contributed by atoms with Gasteiger partial charge in [-0.3, -0.25) is 4.99 Å². The molecule has 0 saturated carbocycles. The van der Waals surface area contributed by atoms with Crippen molar-refractivity contribution in [2.75, 3.05) is 14.2 Å². The Morgan fingerprint density at radius 1 is 1.10 bits per heavy atom. The molecule has 0 radical (unpaired) electrons. The van der Waals surface area contributed by atoms with Crippen LogP contribution < -0.4 is 14.3 Å². The smallest absolute Gasteiger partial charge is 0.206 e. The Bertz CT molecular complexity index is 1100. The monoisotopic (exact) mass is 427 g/mol. The molecule has 5 nitrogen and oxygen atoms in total. The van der Waals surface area contributed by atoms with Crippen molar-refractivity contribution in [2.45, 2.75) is 33.2 Å². The molecule has 0 fully saturated rings. The average molecular weight is 428 g/mol. The van der Waals surface area contributed by atoms with Crippen molar-refractivity contribution in [3.8, 4) is 22.8 Å². The molecule has 0 aliphatic rings. The fourth-order valence-electron chi connectivity index (χ4n) is 3.00. The summed E-state index contributed by atoms with van der Waals surface area (Å²) in [5.41, 5.74) is 3.42. The quantitative estimate of drug-likeness (QED) is 0.478. The number of rotatable bonds is 7. The molecule has 0 amide bonds. The van der Waals surface area contributed by atoms with E-state index in [2.05, 4.69) is 0 Å². The SMILES string of the molecule is CCC(=Nn1c(-c2cc(OC)ccc2OC)csc1=NC(C)C)c1ccc(F)cc1. The van der Waals surface area contributed by atoms with Gasteiger partial charge in [0.15, 0.2) is 0 Å². The van der Waals surface area contributed by atoms with Gasteiger partial charge in [0.05, 0.1) is 25.6 Å². The van der Waals surface area contributed by atoms with Crippen LogP contribution in [0.15, 0.2) is 57.9 Å². The third-order valence-corrected chi connectivity index (χ3v) is 5.30. The zero-order valence-electron chi connectivity index (χ0n) is 17.8. The highest BCUT2D eigenvalue weighted by Gasteiger charge is 2.15. The van der Waals surface area contributed by atoms with Gasteiger partial charge in [-0.15, -0.1) is 11.3 Å². The normalized spacial score (nSPS) is 12.5. The number of halogens is 1. The van der Waals surface area contributed by atoms with Crippen LogP contribution in [-0.2, 0) is 0 Å². The van der Waals surface area contributed by atoms with E-state index in [1.807, 2.05) is 49.0 Å². The van der Waals surface area contributed by atoms with E-state index in [4.69, 9.17) is 19.6 Å². The van der Waals surface area contributed by atoms with Gasteiger partial charge in [0.1, 0.15) is 17.3 Å². The zero-order chi connectivity index (χ0) is 21.7. The number of aromatic nitrogens is 1. The molecule has 0 bridgehead atoms. The third kappa shape index (κ3) is 4.79. The van der Waals surface area contributed by atoms with Crippen molar-refractivity contribution in [1.82, 2.24) is 4.68 Å². The summed E-state index contributed by atoms with van der Waals surface area (Å²) in [7, 11) is 3.27. The van der Waals surface area contributed by atoms with Crippen LogP contribution >= 0.6 is 11.3 Å². The van der Waals surface area contributed by atoms with Gasteiger partial charge >= 0.3 is 0 Å². The maximum atomic E-state index is 13.4. The number of hydrogen-bond acceptors (Lipinski definition) is 5. The van der Waals surface area contributed by atoms with Crippen molar-refractivity contribution in [3.05, 3.63) is 64.0 Å². The fraction of sp³-hybridized carbons (Fsp3) is 0.304. The number of nitrogens with zero attached hydrogens (tertiary/aromatic N) is 3. The molecule has 0 aliphatic heterocycles. The Hall–Kier alpha value is -2.93. The molecule has 158 valence electrons. The van der Waals surface area contributed by atoms with Crippen molar-refractivity contribution >= 4 is 17.0 Å². The standard InChI is InChI=1S/C23H26FN3O2S/c1-6-20(16-7-9-17(24)10-8-16)26-27-21(14-30-23(27)25-15(2)3)19-13-18(28-4)11-12-22(19)29-5/h7-15H,6H2,1-5H3. The summed E-state index contributed by atoms with van der Waals surface area (Å²) in [6.45, 7) is 6.08. The number of thiazole rings is 1. The van der Waals surface area contributed by atoms with E-state index in [1.54, 1.807) is 26.4 Å². The van der Waals surface area contributed by atoms with E-state index >= 15 is 0 Å². The van der Waals surface area contributed by atoms with Crippen LogP contribution in [0.2, 0.25) is 0 Å². The lowest BCUT2D eigenvalue weighted by Gasteiger charge is -2.12. The number of benzene rings is 2. The highest BCUT2D eigenvalue weighted by molar-refractivity contribution is 7.07. The van der Waals surface area contributed by atoms with Crippen LogP contribution in [0, 0.1) is 5.82 Å². The Morgan fingerprint density at radius 2 is 1.83 bits per heavy atom. The molecule has 3 rings (SSSR count). The largest absolute Gasteiger partial charge is 0.497 e. The minimum atomic E-state index is -0.269. The van der Waals surface area contributed by atoms with Gasteiger partial charge < -0.3 is 9.47 Å². The van der Waals surface area contributed by atoms with E-state index in [0.29, 0.717) is 12.2 Å². The fourth-order valence-corrected chi connectivity index (χ4v) is 3.96. The molecule has 1 aromatic heterocycles. The summed E-state index contributed by atoms with van der Waals surface area (Å²) < 4.78 is 26.2. The number of methoxy groups -OCH3 is 2. The molecule has 0 atom stereocenters. The first-order chi connectivity index (χ1) is 14.5. The molecule has 30 heavy (non-hydrogen) atoms. The van der Waals surface area contributed by atoms with Crippen LogP contribution in [0.5, 0.6) is 11.5 Å². The Balaban J connectivity index is 2.25. The lowest BCUT2D eigenvalue weighted by Crippen LogP contribution is -2.17. The molecule has 0 aliphatic carbocycles. The zero-order valence-corrected chi connectivity index (χ0v) is 18.7. The van der Waals surface area contributed by atoms with Gasteiger partial charge in [0, 0.05) is 17.0 Å². The Morgan fingerprint density at radius 3 is 2.43 bits per heavy atom. The van der Waals surface area contributed by atoms with E-state index in [9.17, 15) is 4.39 Å². The first-order valence-electron chi connectivity index (χ1n) is 9.77. The highest BCUT2D eigenvalue weighted by Crippen LogP contribution is 2.34. The topological polar surface area (TPSA) is 48.1 Å². The molecule has 3 aromatic rings. The predicted molar refractivity (Wildman–Crippen MR) is 120 cm³/mol. The van der Waals surface area contributed by atoms with E-state index in [-0.39, 0.29) is 11.9 Å². The van der Waals surface area contributed by atoms with Crippen LogP contribution in [0.1, 0.15) is 32.8 Å². The van der Waals surface area contributed by atoms with E-state index in [1.165, 1.54) is 23.5 Å². The van der Waals surface area contributed by atoms with Crippen molar-refractivity contribution in [2.24, 2.45) is 10.1 Å². The minimum Gasteiger partial charge on any atom is -0.497 e. The maximum Gasteiger partial charge on any atom is 0.206 e. The minimum absolute atomic E-state index is 0.112. The third-order valence-electron chi connectivity index (χ3n) is 4.47. The number of ether oxygens (including phenoxy) is 2. The van der Waals surface area contributed by atoms with Gasteiger partial charge in [-0.1, -0.05) is 19.1 Å². The maximum absolute atomic E-state index is 13.4. The lowest BCUT2D eigenvalue weighted by atomic mass is 10.1. The Kier molecular flexibility index (Phi) is 7.05. The van der Waals surface area contributed by atoms with Gasteiger partial charge in [-0.25, -0.2) is 9.07 Å². The first-order valence-corrected chi connectivity index (χ1v) is 10.6. The van der Waals surface area contributed by atoms with Crippen LogP contribution in [-0.4, -0.2) is 30.6 Å². The summed E-state index contributed by atoms with van der Waals surface area (Å²) in [6, 6.07) is 12.2. The summed E-state index contributed by atoms with van der Waals surface area (Å²) in [5.74, 6) is 1.17. The van der Waals surface area contributed by atoms with Crippen molar-refractivity contribution in [1.29, 1.82) is 0 Å². The molecular formula is C23H26FN3O2S. The highest BCUT2D eigenvalue weighted by atomic mass is 32.1. The second kappa shape index (κ2) is 9.71. The Labute approximate surface area is 180 Å². The summed E-state index contributed by atoms with van der Waals surface area (Å²) >= 11 is 1.51. The molecule has 7 heteroatoms. The molecule has 1 heterocycles. The second-order valence-corrected chi connectivity index (χ2v) is 7.75. The predicted octanol–water partition coefficient (Wildman–Crippen LogP) is 5.34. The molecule has 0 unspecified atom stereocenters. The lowest BCUT2D eigenvalue weighted by molar-refractivity contribution is 0.404. The van der Waals surface area contributed by atoms with Crippen LogP contribution in [0.4, 0.5) is 4.39 Å². The molecule has 0 spiro atoms. The summed E-state index contributed by atoms with van der Waals surface area (Å²) in [6.07, 6.45) is 0.685. The van der Waals surface area contributed by atoms with Crippen LogP contribution in [0.3, 0.4) is 0 Å². The summed E-state index contributed by atoms with van der Waals surface area (Å²) in [4.78, 5) is 5.52. The first kappa shape index (κ1) is 21.8. The molecule has 0 N–H and O–H groups in total. The number of hydrogen-bond donors (Lipinski definition) is 0. The van der Waals surface area contributed by atoms with Gasteiger partial charge in [-0.2, -0.15) is 5.10 Å². The molecule has 0 saturated heterocycles.